The van der Waals surface area contributed by atoms with Crippen molar-refractivity contribution in [1.82, 2.24) is 25.5 Å². The van der Waals surface area contributed by atoms with Crippen molar-refractivity contribution in [1.29, 1.82) is 0 Å². The van der Waals surface area contributed by atoms with Gasteiger partial charge in [-0.1, -0.05) is 24.3 Å². The van der Waals surface area contributed by atoms with Crippen LogP contribution in [0.2, 0.25) is 0 Å². The molecule has 88 valence electrons. The van der Waals surface area contributed by atoms with Gasteiger partial charge in [0.05, 0.1) is 13.6 Å². The van der Waals surface area contributed by atoms with Gasteiger partial charge in [0.25, 0.3) is 0 Å². The van der Waals surface area contributed by atoms with Crippen molar-refractivity contribution in [2.24, 2.45) is 7.05 Å². The van der Waals surface area contributed by atoms with Crippen LogP contribution in [0, 0.1) is 0 Å². The minimum atomic E-state index is 0.496. The Hall–Kier alpha value is -1.75. The van der Waals surface area contributed by atoms with Gasteiger partial charge in [0, 0.05) is 6.04 Å². The molecule has 17 heavy (non-hydrogen) atoms. The standard InChI is InChI=1S/C12H15N5/c1-17-15-12(14-16-17)8-13-11-6-9-4-2-3-5-10(9)7-11/h2-5,11,13H,6-8H2,1H3. The second-order valence-electron chi connectivity index (χ2n) is 4.45. The molecule has 0 radical (unpaired) electrons. The van der Waals surface area contributed by atoms with Gasteiger partial charge >= 0.3 is 0 Å². The van der Waals surface area contributed by atoms with Crippen LogP contribution in [0.25, 0.3) is 0 Å². The molecule has 2 aromatic rings. The van der Waals surface area contributed by atoms with E-state index in [-0.39, 0.29) is 0 Å². The highest BCUT2D eigenvalue weighted by atomic mass is 15.6. The molecule has 0 spiro atoms. The lowest BCUT2D eigenvalue weighted by atomic mass is 10.1. The number of hydrogen-bond acceptors (Lipinski definition) is 4. The van der Waals surface area contributed by atoms with E-state index in [2.05, 4.69) is 45.0 Å². The molecule has 3 rings (SSSR count). The zero-order valence-corrected chi connectivity index (χ0v) is 9.80. The molecule has 0 fully saturated rings. The molecule has 0 aliphatic heterocycles. The van der Waals surface area contributed by atoms with Crippen LogP contribution in [0.4, 0.5) is 0 Å². The fraction of sp³-hybridized carbons (Fsp3) is 0.417. The Morgan fingerprint density at radius 1 is 1.29 bits per heavy atom. The van der Waals surface area contributed by atoms with Gasteiger partial charge in [0.2, 0.25) is 0 Å². The molecule has 0 atom stereocenters. The van der Waals surface area contributed by atoms with Crippen LogP contribution in [0.1, 0.15) is 17.0 Å². The monoisotopic (exact) mass is 229 g/mol. The van der Waals surface area contributed by atoms with Crippen molar-refractivity contribution in [3.05, 3.63) is 41.2 Å². The molecule has 1 N–H and O–H groups in total. The van der Waals surface area contributed by atoms with E-state index in [4.69, 9.17) is 0 Å². The van der Waals surface area contributed by atoms with E-state index in [1.165, 1.54) is 15.9 Å². The molecule has 1 aliphatic rings. The van der Waals surface area contributed by atoms with E-state index >= 15 is 0 Å². The zero-order valence-electron chi connectivity index (χ0n) is 9.80. The highest BCUT2D eigenvalue weighted by molar-refractivity contribution is 5.33. The van der Waals surface area contributed by atoms with Crippen molar-refractivity contribution in [2.75, 3.05) is 0 Å². The van der Waals surface area contributed by atoms with Crippen molar-refractivity contribution in [3.8, 4) is 0 Å². The summed E-state index contributed by atoms with van der Waals surface area (Å²) in [4.78, 5) is 1.49. The van der Waals surface area contributed by atoms with E-state index in [9.17, 15) is 0 Å². The summed E-state index contributed by atoms with van der Waals surface area (Å²) in [6, 6.07) is 9.11. The van der Waals surface area contributed by atoms with Crippen molar-refractivity contribution < 1.29 is 0 Å². The van der Waals surface area contributed by atoms with E-state index in [0.717, 1.165) is 18.7 Å². The maximum atomic E-state index is 4.15. The van der Waals surface area contributed by atoms with Crippen molar-refractivity contribution in [2.45, 2.75) is 25.4 Å². The summed E-state index contributed by atoms with van der Waals surface area (Å²) in [5.41, 5.74) is 2.91. The van der Waals surface area contributed by atoms with E-state index < -0.39 is 0 Å². The topological polar surface area (TPSA) is 55.6 Å². The molecule has 0 bridgehead atoms. The molecular weight excluding hydrogens is 214 g/mol. The zero-order chi connectivity index (χ0) is 11.7. The van der Waals surface area contributed by atoms with Gasteiger partial charge in [-0.05, 0) is 29.2 Å². The van der Waals surface area contributed by atoms with Gasteiger partial charge < -0.3 is 5.32 Å². The van der Waals surface area contributed by atoms with Crippen LogP contribution >= 0.6 is 0 Å². The number of hydrogen-bond donors (Lipinski definition) is 1. The summed E-state index contributed by atoms with van der Waals surface area (Å²) in [5, 5.41) is 15.4. The summed E-state index contributed by atoms with van der Waals surface area (Å²) < 4.78 is 0. The lowest BCUT2D eigenvalue weighted by molar-refractivity contribution is 0.519. The molecule has 0 amide bonds. The molecule has 1 aliphatic carbocycles. The first kappa shape index (κ1) is 10.4. The Morgan fingerprint density at radius 2 is 2.00 bits per heavy atom. The second kappa shape index (κ2) is 4.25. The van der Waals surface area contributed by atoms with Gasteiger partial charge in [-0.3, -0.25) is 0 Å². The van der Waals surface area contributed by atoms with Gasteiger partial charge in [-0.15, -0.1) is 10.2 Å². The lowest BCUT2D eigenvalue weighted by Crippen LogP contribution is -2.29. The third-order valence-electron chi connectivity index (χ3n) is 3.15. The maximum absolute atomic E-state index is 4.15. The summed E-state index contributed by atoms with van der Waals surface area (Å²) >= 11 is 0. The second-order valence-corrected chi connectivity index (χ2v) is 4.45. The van der Waals surface area contributed by atoms with E-state index in [1.807, 2.05) is 0 Å². The first-order valence-electron chi connectivity index (χ1n) is 5.84. The van der Waals surface area contributed by atoms with Crippen LogP contribution < -0.4 is 5.32 Å². The number of nitrogens with zero attached hydrogens (tertiary/aromatic N) is 4. The molecule has 0 unspecified atom stereocenters. The van der Waals surface area contributed by atoms with Gasteiger partial charge in [-0.2, -0.15) is 4.80 Å². The fourth-order valence-electron chi connectivity index (χ4n) is 2.33. The normalized spacial score (nSPS) is 15.1. The van der Waals surface area contributed by atoms with Gasteiger partial charge in [0.15, 0.2) is 5.82 Å². The van der Waals surface area contributed by atoms with Crippen LogP contribution in [0.5, 0.6) is 0 Å². The number of rotatable bonds is 3. The Morgan fingerprint density at radius 3 is 2.59 bits per heavy atom. The lowest BCUT2D eigenvalue weighted by Gasteiger charge is -2.09. The molecule has 0 saturated carbocycles. The number of aryl methyl sites for hydroxylation is 1. The Bertz CT molecular complexity index is 494. The average molecular weight is 229 g/mol. The summed E-state index contributed by atoms with van der Waals surface area (Å²) in [5.74, 6) is 0.753. The molecule has 1 aromatic heterocycles. The third kappa shape index (κ3) is 2.19. The number of tetrazole rings is 1. The Kier molecular flexibility index (Phi) is 2.60. The summed E-state index contributed by atoms with van der Waals surface area (Å²) in [6.45, 7) is 0.687. The minimum Gasteiger partial charge on any atom is -0.306 e. The number of aromatic nitrogens is 4. The molecule has 1 heterocycles. The number of benzene rings is 1. The highest BCUT2D eigenvalue weighted by Crippen LogP contribution is 2.21. The summed E-state index contributed by atoms with van der Waals surface area (Å²) in [7, 11) is 1.78. The highest BCUT2D eigenvalue weighted by Gasteiger charge is 2.20. The number of nitrogens with one attached hydrogen (secondary N) is 1. The van der Waals surface area contributed by atoms with Crippen LogP contribution in [0.3, 0.4) is 0 Å². The Labute approximate surface area is 99.8 Å². The SMILES string of the molecule is Cn1nnc(CNC2Cc3ccccc3C2)n1. The predicted octanol–water partition coefficient (Wildman–Crippen LogP) is 0.467. The van der Waals surface area contributed by atoms with Crippen LogP contribution in [0.15, 0.2) is 24.3 Å². The van der Waals surface area contributed by atoms with E-state index in [1.54, 1.807) is 7.05 Å². The molecule has 5 heteroatoms. The van der Waals surface area contributed by atoms with Gasteiger partial charge in [-0.25, -0.2) is 0 Å². The molecule has 0 saturated heterocycles. The third-order valence-corrected chi connectivity index (χ3v) is 3.15. The minimum absolute atomic E-state index is 0.496. The summed E-state index contributed by atoms with van der Waals surface area (Å²) in [6.07, 6.45) is 2.19. The number of fused-ring (bicyclic) bond motifs is 1. The smallest absolute Gasteiger partial charge is 0.188 e. The predicted molar refractivity (Wildman–Crippen MR) is 63.3 cm³/mol. The molecular formula is C12H15N5. The van der Waals surface area contributed by atoms with Crippen molar-refractivity contribution in [3.63, 3.8) is 0 Å². The first-order chi connectivity index (χ1) is 8.31. The quantitative estimate of drug-likeness (QED) is 0.831. The van der Waals surface area contributed by atoms with Gasteiger partial charge in [0.1, 0.15) is 0 Å². The first-order valence-corrected chi connectivity index (χ1v) is 5.84. The molecule has 5 nitrogen and oxygen atoms in total. The van der Waals surface area contributed by atoms with Crippen LogP contribution in [-0.2, 0) is 26.4 Å². The van der Waals surface area contributed by atoms with Crippen molar-refractivity contribution >= 4 is 0 Å². The molecule has 1 aromatic carbocycles. The fourth-order valence-corrected chi connectivity index (χ4v) is 2.33. The Balaban J connectivity index is 1.59. The largest absolute Gasteiger partial charge is 0.306 e. The average Bonchev–Trinajstić information content (AvgIpc) is 2.91. The maximum Gasteiger partial charge on any atom is 0.188 e. The van der Waals surface area contributed by atoms with E-state index in [0.29, 0.717) is 12.6 Å². The van der Waals surface area contributed by atoms with Crippen LogP contribution in [-0.4, -0.2) is 26.2 Å².